The van der Waals surface area contributed by atoms with Gasteiger partial charge in [-0.3, -0.25) is 0 Å². The number of rotatable bonds is 2. The van der Waals surface area contributed by atoms with E-state index in [-0.39, 0.29) is 11.0 Å². The summed E-state index contributed by atoms with van der Waals surface area (Å²) in [6.45, 7) is 4.02. The molecule has 0 unspecified atom stereocenters. The number of nitrogens with zero attached hydrogens (tertiary/aromatic N) is 2. The molecule has 5 heteroatoms. The summed E-state index contributed by atoms with van der Waals surface area (Å²) in [6.07, 6.45) is 2.23. The second-order valence-corrected chi connectivity index (χ2v) is 5.17. The SMILES string of the molecule is [B]c1c(F)ccc2nc(C)c(NC3(C)CC3)nc12. The number of halogens is 1. The van der Waals surface area contributed by atoms with Gasteiger partial charge in [0.2, 0.25) is 0 Å². The van der Waals surface area contributed by atoms with Gasteiger partial charge in [-0.15, -0.1) is 0 Å². The van der Waals surface area contributed by atoms with Crippen LogP contribution in [0.2, 0.25) is 0 Å². The van der Waals surface area contributed by atoms with E-state index in [9.17, 15) is 4.39 Å². The summed E-state index contributed by atoms with van der Waals surface area (Å²) in [5.41, 5.74) is 2.02. The molecule has 1 heterocycles. The second-order valence-electron chi connectivity index (χ2n) is 5.17. The molecule has 1 saturated carbocycles. The Labute approximate surface area is 106 Å². The Bertz CT molecular complexity index is 638. The van der Waals surface area contributed by atoms with E-state index in [1.165, 1.54) is 6.07 Å². The Kier molecular flexibility index (Phi) is 2.33. The van der Waals surface area contributed by atoms with Crippen molar-refractivity contribution in [2.24, 2.45) is 0 Å². The van der Waals surface area contributed by atoms with Crippen LogP contribution in [0.1, 0.15) is 25.5 Å². The maximum atomic E-state index is 13.4. The lowest BCUT2D eigenvalue weighted by atomic mass is 9.93. The van der Waals surface area contributed by atoms with E-state index in [2.05, 4.69) is 22.2 Å². The van der Waals surface area contributed by atoms with Crippen LogP contribution >= 0.6 is 0 Å². The van der Waals surface area contributed by atoms with Crippen LogP contribution in [-0.2, 0) is 0 Å². The van der Waals surface area contributed by atoms with Gasteiger partial charge in [-0.2, -0.15) is 0 Å². The van der Waals surface area contributed by atoms with Crippen molar-refractivity contribution in [3.8, 4) is 0 Å². The van der Waals surface area contributed by atoms with Gasteiger partial charge >= 0.3 is 0 Å². The molecule has 2 aromatic rings. The molecule has 3 nitrogen and oxygen atoms in total. The fourth-order valence-corrected chi connectivity index (χ4v) is 1.92. The highest BCUT2D eigenvalue weighted by molar-refractivity contribution is 6.38. The van der Waals surface area contributed by atoms with Gasteiger partial charge in [0.25, 0.3) is 0 Å². The van der Waals surface area contributed by atoms with Crippen LogP contribution in [0.5, 0.6) is 0 Å². The third kappa shape index (κ3) is 1.83. The molecule has 90 valence electrons. The Morgan fingerprint density at radius 2 is 2.06 bits per heavy atom. The van der Waals surface area contributed by atoms with Gasteiger partial charge in [-0.05, 0) is 44.3 Å². The Hall–Kier alpha value is -1.65. The largest absolute Gasteiger partial charge is 0.363 e. The maximum Gasteiger partial charge on any atom is 0.148 e. The van der Waals surface area contributed by atoms with Gasteiger partial charge in [-0.25, -0.2) is 14.4 Å². The van der Waals surface area contributed by atoms with Gasteiger partial charge in [0.15, 0.2) is 0 Å². The van der Waals surface area contributed by atoms with Crippen LogP contribution < -0.4 is 10.8 Å². The molecule has 0 aliphatic heterocycles. The number of aryl methyl sites for hydroxylation is 1. The summed E-state index contributed by atoms with van der Waals surface area (Å²) >= 11 is 0. The van der Waals surface area contributed by atoms with Crippen molar-refractivity contribution in [3.05, 3.63) is 23.6 Å². The normalized spacial score (nSPS) is 16.8. The minimum absolute atomic E-state index is 0.0593. The molecule has 0 bridgehead atoms. The van der Waals surface area contributed by atoms with Crippen molar-refractivity contribution in [3.63, 3.8) is 0 Å². The highest BCUT2D eigenvalue weighted by atomic mass is 19.1. The Morgan fingerprint density at radius 1 is 1.33 bits per heavy atom. The smallest absolute Gasteiger partial charge is 0.148 e. The average Bonchev–Trinajstić information content (AvgIpc) is 3.04. The zero-order valence-corrected chi connectivity index (χ0v) is 10.4. The molecular weight excluding hydrogens is 228 g/mol. The van der Waals surface area contributed by atoms with E-state index < -0.39 is 5.82 Å². The minimum Gasteiger partial charge on any atom is -0.363 e. The monoisotopic (exact) mass is 241 g/mol. The van der Waals surface area contributed by atoms with E-state index in [1.54, 1.807) is 6.07 Å². The zero-order chi connectivity index (χ0) is 12.9. The van der Waals surface area contributed by atoms with Crippen LogP contribution in [0.3, 0.4) is 0 Å². The lowest BCUT2D eigenvalue weighted by Crippen LogP contribution is -2.20. The Morgan fingerprint density at radius 3 is 2.72 bits per heavy atom. The van der Waals surface area contributed by atoms with Crippen molar-refractivity contribution in [1.29, 1.82) is 0 Å². The predicted molar refractivity (Wildman–Crippen MR) is 70.9 cm³/mol. The summed E-state index contributed by atoms with van der Waals surface area (Å²) < 4.78 is 13.4. The first-order valence-corrected chi connectivity index (χ1v) is 5.99. The van der Waals surface area contributed by atoms with Crippen molar-refractivity contribution < 1.29 is 4.39 Å². The second kappa shape index (κ2) is 3.67. The van der Waals surface area contributed by atoms with Gasteiger partial charge in [0.05, 0.1) is 16.7 Å². The summed E-state index contributed by atoms with van der Waals surface area (Å²) in [7, 11) is 5.71. The predicted octanol–water partition coefficient (Wildman–Crippen LogP) is 1.84. The molecular formula is C13H13BFN3. The molecule has 1 aliphatic carbocycles. The van der Waals surface area contributed by atoms with Gasteiger partial charge < -0.3 is 5.32 Å². The molecule has 1 aromatic carbocycles. The van der Waals surface area contributed by atoms with Crippen LogP contribution in [0.25, 0.3) is 11.0 Å². The summed E-state index contributed by atoms with van der Waals surface area (Å²) in [6, 6.07) is 2.92. The summed E-state index contributed by atoms with van der Waals surface area (Å²) in [5.74, 6) is 0.240. The van der Waals surface area contributed by atoms with Crippen LogP contribution in [0.15, 0.2) is 12.1 Å². The standard InChI is InChI=1S/C13H13BFN3/c1-7-12(18-13(2)5-6-13)17-11-9(16-7)4-3-8(15)10(11)14/h3-4H,5-6H2,1-2H3,(H,17,18). The first-order valence-electron chi connectivity index (χ1n) is 5.99. The van der Waals surface area contributed by atoms with E-state index in [0.29, 0.717) is 16.9 Å². The number of nitrogens with one attached hydrogen (secondary N) is 1. The first kappa shape index (κ1) is 11.4. The molecule has 1 N–H and O–H groups in total. The van der Waals surface area contributed by atoms with Crippen molar-refractivity contribution in [2.75, 3.05) is 5.32 Å². The molecule has 1 aliphatic rings. The number of hydrogen-bond donors (Lipinski definition) is 1. The number of benzene rings is 1. The van der Waals surface area contributed by atoms with E-state index in [4.69, 9.17) is 7.85 Å². The average molecular weight is 241 g/mol. The molecule has 0 saturated heterocycles. The molecule has 3 rings (SSSR count). The molecule has 2 radical (unpaired) electrons. The van der Waals surface area contributed by atoms with E-state index >= 15 is 0 Å². The van der Waals surface area contributed by atoms with Crippen molar-refractivity contribution in [2.45, 2.75) is 32.2 Å². The highest BCUT2D eigenvalue weighted by Crippen LogP contribution is 2.38. The fourth-order valence-electron chi connectivity index (χ4n) is 1.92. The summed E-state index contributed by atoms with van der Waals surface area (Å²) in [5, 5.41) is 3.35. The van der Waals surface area contributed by atoms with E-state index in [1.807, 2.05) is 6.92 Å². The quantitative estimate of drug-likeness (QED) is 0.815. The van der Waals surface area contributed by atoms with Crippen molar-refractivity contribution >= 4 is 30.2 Å². The third-order valence-electron chi connectivity index (χ3n) is 3.42. The van der Waals surface area contributed by atoms with Gasteiger partial charge in [-0.1, -0.05) is 0 Å². The molecule has 0 atom stereocenters. The van der Waals surface area contributed by atoms with Crippen LogP contribution in [0.4, 0.5) is 10.2 Å². The lowest BCUT2D eigenvalue weighted by Gasteiger charge is -2.15. The number of anilines is 1. The number of aromatic nitrogens is 2. The van der Waals surface area contributed by atoms with Gasteiger partial charge in [0.1, 0.15) is 19.5 Å². The maximum absolute atomic E-state index is 13.4. The minimum atomic E-state index is -0.454. The van der Waals surface area contributed by atoms with E-state index in [0.717, 1.165) is 18.5 Å². The summed E-state index contributed by atoms with van der Waals surface area (Å²) in [4.78, 5) is 8.84. The zero-order valence-electron chi connectivity index (χ0n) is 10.4. The molecule has 1 fully saturated rings. The third-order valence-corrected chi connectivity index (χ3v) is 3.42. The number of hydrogen-bond acceptors (Lipinski definition) is 3. The topological polar surface area (TPSA) is 37.8 Å². The molecule has 0 spiro atoms. The van der Waals surface area contributed by atoms with Crippen LogP contribution in [-0.4, -0.2) is 23.4 Å². The highest BCUT2D eigenvalue weighted by Gasteiger charge is 2.37. The van der Waals surface area contributed by atoms with Crippen LogP contribution in [0, 0.1) is 12.7 Å². The first-order chi connectivity index (χ1) is 8.48. The lowest BCUT2D eigenvalue weighted by molar-refractivity contribution is 0.637. The molecule has 1 aromatic heterocycles. The van der Waals surface area contributed by atoms with Gasteiger partial charge in [0, 0.05) is 5.54 Å². The number of fused-ring (bicyclic) bond motifs is 1. The molecule has 18 heavy (non-hydrogen) atoms. The molecule has 0 amide bonds. The fraction of sp³-hybridized carbons (Fsp3) is 0.385. The Balaban J connectivity index is 2.15. The van der Waals surface area contributed by atoms with Crippen molar-refractivity contribution in [1.82, 2.24) is 9.97 Å².